The Kier molecular flexibility index (Phi) is 5.29. The molecule has 5 heteroatoms. The molecule has 0 heterocycles. The first-order valence-corrected chi connectivity index (χ1v) is 7.27. The van der Waals surface area contributed by atoms with Crippen LogP contribution in [0.3, 0.4) is 0 Å². The minimum Gasteiger partial charge on any atom is -0.503 e. The van der Waals surface area contributed by atoms with Gasteiger partial charge in [0.25, 0.3) is 0 Å². The molecule has 2 aromatic carbocycles. The average Bonchev–Trinajstić information content (AvgIpc) is 2.55. The third-order valence-corrected chi connectivity index (χ3v) is 3.61. The summed E-state index contributed by atoms with van der Waals surface area (Å²) in [6.07, 6.45) is 3.04. The smallest absolute Gasteiger partial charge is 0.189 e. The topological polar surface area (TPSA) is 55.8 Å². The summed E-state index contributed by atoms with van der Waals surface area (Å²) >= 11 is 5.93. The summed E-state index contributed by atoms with van der Waals surface area (Å²) < 4.78 is 10.3. The van der Waals surface area contributed by atoms with Crippen molar-refractivity contribution in [3.8, 4) is 17.2 Å². The number of carbonyl (C=O) groups is 1. The molecule has 0 saturated carbocycles. The van der Waals surface area contributed by atoms with Gasteiger partial charge in [0, 0.05) is 0 Å². The summed E-state index contributed by atoms with van der Waals surface area (Å²) in [4.78, 5) is 12.4. The van der Waals surface area contributed by atoms with E-state index in [0.717, 1.165) is 5.56 Å². The Hall–Kier alpha value is -2.46. The number of halogens is 1. The second-order valence-corrected chi connectivity index (χ2v) is 5.36. The normalized spacial score (nSPS) is 10.8. The van der Waals surface area contributed by atoms with Crippen molar-refractivity contribution in [3.63, 3.8) is 0 Å². The molecular formula is C18H17ClO4. The highest BCUT2D eigenvalue weighted by Gasteiger charge is 2.11. The highest BCUT2D eigenvalue weighted by molar-refractivity contribution is 6.32. The van der Waals surface area contributed by atoms with Gasteiger partial charge in [0.15, 0.2) is 17.3 Å². The summed E-state index contributed by atoms with van der Waals surface area (Å²) in [7, 11) is 2.96. The molecular weight excluding hydrogens is 316 g/mol. The second-order valence-electron chi connectivity index (χ2n) is 4.95. The monoisotopic (exact) mass is 332 g/mol. The highest BCUT2D eigenvalue weighted by atomic mass is 35.5. The first-order valence-electron chi connectivity index (χ1n) is 6.89. The van der Waals surface area contributed by atoms with Crippen LogP contribution in [0, 0.1) is 6.92 Å². The quantitative estimate of drug-likeness (QED) is 0.656. The fraction of sp³-hybridized carbons (Fsp3) is 0.167. The number of phenolic OH excluding ortho intramolecular Hbond substituents is 1. The van der Waals surface area contributed by atoms with Gasteiger partial charge in [-0.05, 0) is 42.8 Å². The van der Waals surface area contributed by atoms with Crippen LogP contribution in [-0.2, 0) is 0 Å². The first-order chi connectivity index (χ1) is 11.0. The molecule has 0 aromatic heterocycles. The first kappa shape index (κ1) is 16.9. The summed E-state index contributed by atoms with van der Waals surface area (Å²) in [5.41, 5.74) is 2.10. The van der Waals surface area contributed by atoms with Crippen molar-refractivity contribution in [1.82, 2.24) is 0 Å². The third-order valence-electron chi connectivity index (χ3n) is 3.32. The van der Waals surface area contributed by atoms with E-state index in [2.05, 4.69) is 0 Å². The number of hydrogen-bond acceptors (Lipinski definition) is 4. The van der Waals surface area contributed by atoms with Crippen molar-refractivity contribution in [2.75, 3.05) is 14.2 Å². The van der Waals surface area contributed by atoms with Crippen LogP contribution in [0.1, 0.15) is 21.5 Å². The number of carbonyl (C=O) groups excluding carboxylic acids is 1. The summed E-state index contributed by atoms with van der Waals surface area (Å²) in [6.45, 7) is 1.91. The number of aromatic hydroxyl groups is 1. The number of hydrogen-bond donors (Lipinski definition) is 1. The van der Waals surface area contributed by atoms with Gasteiger partial charge >= 0.3 is 0 Å². The number of rotatable bonds is 5. The molecule has 0 atom stereocenters. The van der Waals surface area contributed by atoms with E-state index in [-0.39, 0.29) is 22.3 Å². The Morgan fingerprint density at radius 3 is 2.48 bits per heavy atom. The van der Waals surface area contributed by atoms with Crippen molar-refractivity contribution in [2.24, 2.45) is 0 Å². The molecule has 0 aliphatic heterocycles. The van der Waals surface area contributed by atoms with Gasteiger partial charge < -0.3 is 14.6 Å². The number of allylic oxidation sites excluding steroid dienone is 1. The average molecular weight is 333 g/mol. The van der Waals surface area contributed by atoms with E-state index in [1.54, 1.807) is 30.3 Å². The lowest BCUT2D eigenvalue weighted by molar-refractivity contribution is 0.104. The van der Waals surface area contributed by atoms with E-state index in [0.29, 0.717) is 16.9 Å². The predicted octanol–water partition coefficient (Wildman–Crippen LogP) is 4.27. The van der Waals surface area contributed by atoms with Crippen molar-refractivity contribution < 1.29 is 19.4 Å². The molecule has 120 valence electrons. The van der Waals surface area contributed by atoms with Crippen LogP contribution in [-0.4, -0.2) is 25.1 Å². The van der Waals surface area contributed by atoms with Gasteiger partial charge in [0.05, 0.1) is 24.8 Å². The van der Waals surface area contributed by atoms with Gasteiger partial charge in [-0.25, -0.2) is 0 Å². The number of ketones is 1. The fourth-order valence-corrected chi connectivity index (χ4v) is 2.34. The lowest BCUT2D eigenvalue weighted by Crippen LogP contribution is -1.99. The molecule has 0 aliphatic carbocycles. The van der Waals surface area contributed by atoms with E-state index in [4.69, 9.17) is 21.1 Å². The summed E-state index contributed by atoms with van der Waals surface area (Å²) in [5.74, 6) is 0.455. The second kappa shape index (κ2) is 7.20. The van der Waals surface area contributed by atoms with E-state index in [1.165, 1.54) is 20.3 Å². The Morgan fingerprint density at radius 1 is 1.13 bits per heavy atom. The third kappa shape index (κ3) is 3.85. The van der Waals surface area contributed by atoms with Gasteiger partial charge in [0.2, 0.25) is 0 Å². The van der Waals surface area contributed by atoms with Gasteiger partial charge in [-0.2, -0.15) is 0 Å². The van der Waals surface area contributed by atoms with Gasteiger partial charge in [-0.3, -0.25) is 4.79 Å². The largest absolute Gasteiger partial charge is 0.503 e. The highest BCUT2D eigenvalue weighted by Crippen LogP contribution is 2.35. The Bertz CT molecular complexity index is 766. The van der Waals surface area contributed by atoms with Crippen molar-refractivity contribution in [2.45, 2.75) is 6.92 Å². The van der Waals surface area contributed by atoms with Gasteiger partial charge in [-0.15, -0.1) is 0 Å². The standard InChI is InChI=1S/C18H17ClO4/c1-11-4-7-16(22-2)13(8-11)15(20)6-5-12-9-14(19)18(21)17(10-12)23-3/h4-10,21H,1-3H3/b6-5+. The zero-order chi connectivity index (χ0) is 17.0. The zero-order valence-electron chi connectivity index (χ0n) is 13.1. The molecule has 0 radical (unpaired) electrons. The number of phenols is 1. The van der Waals surface area contributed by atoms with Crippen molar-refractivity contribution >= 4 is 23.5 Å². The van der Waals surface area contributed by atoms with Crippen LogP contribution < -0.4 is 9.47 Å². The van der Waals surface area contributed by atoms with Crippen LogP contribution in [0.15, 0.2) is 36.4 Å². The fourth-order valence-electron chi connectivity index (χ4n) is 2.12. The SMILES string of the molecule is COc1ccc(C)cc1C(=O)/C=C/c1cc(Cl)c(O)c(OC)c1. The zero-order valence-corrected chi connectivity index (χ0v) is 13.8. The maximum absolute atomic E-state index is 12.4. The van der Waals surface area contributed by atoms with Gasteiger partial charge in [0.1, 0.15) is 5.75 Å². The number of methoxy groups -OCH3 is 2. The minimum absolute atomic E-state index is 0.127. The Morgan fingerprint density at radius 2 is 1.83 bits per heavy atom. The van der Waals surface area contributed by atoms with Crippen LogP contribution in [0.25, 0.3) is 6.08 Å². The number of benzene rings is 2. The molecule has 0 unspecified atom stereocenters. The number of aryl methyl sites for hydroxylation is 1. The van der Waals surface area contributed by atoms with Crippen LogP contribution in [0.4, 0.5) is 0 Å². The lowest BCUT2D eigenvalue weighted by atomic mass is 10.1. The number of ether oxygens (including phenoxy) is 2. The van der Waals surface area contributed by atoms with Crippen molar-refractivity contribution in [1.29, 1.82) is 0 Å². The van der Waals surface area contributed by atoms with Crippen LogP contribution >= 0.6 is 11.6 Å². The summed E-state index contributed by atoms with van der Waals surface area (Å²) in [6, 6.07) is 8.56. The maximum atomic E-state index is 12.4. The van der Waals surface area contributed by atoms with E-state index in [9.17, 15) is 9.90 Å². The molecule has 0 bridgehead atoms. The molecule has 2 aromatic rings. The molecule has 0 aliphatic rings. The molecule has 4 nitrogen and oxygen atoms in total. The molecule has 0 spiro atoms. The minimum atomic E-state index is -0.186. The van der Waals surface area contributed by atoms with Crippen LogP contribution in [0.2, 0.25) is 5.02 Å². The molecule has 2 rings (SSSR count). The van der Waals surface area contributed by atoms with Crippen molar-refractivity contribution in [3.05, 3.63) is 58.1 Å². The van der Waals surface area contributed by atoms with E-state index in [1.807, 2.05) is 13.0 Å². The maximum Gasteiger partial charge on any atom is 0.189 e. The lowest BCUT2D eigenvalue weighted by Gasteiger charge is -2.07. The van der Waals surface area contributed by atoms with Crippen LogP contribution in [0.5, 0.6) is 17.2 Å². The molecule has 1 N–H and O–H groups in total. The molecule has 23 heavy (non-hydrogen) atoms. The molecule has 0 fully saturated rings. The van der Waals surface area contributed by atoms with E-state index >= 15 is 0 Å². The Balaban J connectivity index is 2.32. The van der Waals surface area contributed by atoms with Gasteiger partial charge in [-0.1, -0.05) is 29.3 Å². The molecule has 0 saturated heterocycles. The Labute approximate surface area is 139 Å². The predicted molar refractivity (Wildman–Crippen MR) is 90.8 cm³/mol. The van der Waals surface area contributed by atoms with E-state index < -0.39 is 0 Å². The summed E-state index contributed by atoms with van der Waals surface area (Å²) in [5, 5.41) is 9.87. The molecule has 0 amide bonds.